The molecule has 25 heavy (non-hydrogen) atoms. The highest BCUT2D eigenvalue weighted by Crippen LogP contribution is 2.38. The highest BCUT2D eigenvalue weighted by atomic mass is 16.7. The average molecular weight is 348 g/mol. The van der Waals surface area contributed by atoms with Crippen LogP contribution >= 0.6 is 0 Å². The summed E-state index contributed by atoms with van der Waals surface area (Å²) in [5.41, 5.74) is -0.0709. The van der Waals surface area contributed by atoms with Crippen LogP contribution in [0, 0.1) is 0 Å². The number of hydroxylamine groups is 2. The predicted molar refractivity (Wildman–Crippen MR) is 99.7 cm³/mol. The van der Waals surface area contributed by atoms with Crippen LogP contribution < -0.4 is 16.0 Å². The van der Waals surface area contributed by atoms with Crippen molar-refractivity contribution in [1.29, 1.82) is 0 Å². The van der Waals surface area contributed by atoms with E-state index in [9.17, 15) is 4.79 Å². The molecule has 2 rings (SSSR count). The topological polar surface area (TPSA) is 65.6 Å². The standard InChI is InChI=1S/C19H32N4O2/c1-6-18(21-4)13-16(24)17(20-3)19(7-2,22-5)23(18)25-14-15-11-9-8-10-12-15/h8-12,17,20-22H,6-7,13-14H2,1-5H3. The van der Waals surface area contributed by atoms with E-state index in [2.05, 4.69) is 29.8 Å². The second-order valence-corrected chi connectivity index (χ2v) is 6.58. The quantitative estimate of drug-likeness (QED) is 0.664. The van der Waals surface area contributed by atoms with Gasteiger partial charge in [-0.1, -0.05) is 44.2 Å². The van der Waals surface area contributed by atoms with Gasteiger partial charge in [-0.25, -0.2) is 0 Å². The number of hydrogen-bond donors (Lipinski definition) is 3. The Bertz CT molecular complexity index is 556. The maximum Gasteiger partial charge on any atom is 0.156 e. The number of hydrogen-bond acceptors (Lipinski definition) is 6. The van der Waals surface area contributed by atoms with E-state index < -0.39 is 11.3 Å². The van der Waals surface area contributed by atoms with Crippen molar-refractivity contribution in [3.8, 4) is 0 Å². The molecule has 3 atom stereocenters. The third-order valence-corrected chi connectivity index (χ3v) is 5.53. The molecular weight excluding hydrogens is 316 g/mol. The molecule has 3 N–H and O–H groups in total. The van der Waals surface area contributed by atoms with Gasteiger partial charge in [0.15, 0.2) is 5.78 Å². The number of ketones is 1. The normalized spacial score (nSPS) is 30.6. The minimum absolute atomic E-state index is 0.189. The summed E-state index contributed by atoms with van der Waals surface area (Å²) in [6.45, 7) is 4.62. The molecule has 140 valence electrons. The van der Waals surface area contributed by atoms with Crippen molar-refractivity contribution in [2.45, 2.75) is 57.1 Å². The second-order valence-electron chi connectivity index (χ2n) is 6.58. The van der Waals surface area contributed by atoms with Crippen LogP contribution in [0.4, 0.5) is 0 Å². The fourth-order valence-electron chi connectivity index (χ4n) is 3.99. The Balaban J connectivity index is 2.42. The maximum absolute atomic E-state index is 12.9. The lowest BCUT2D eigenvalue weighted by Gasteiger charge is -2.58. The van der Waals surface area contributed by atoms with Gasteiger partial charge < -0.3 is 10.6 Å². The summed E-state index contributed by atoms with van der Waals surface area (Å²) in [5, 5.41) is 11.9. The fourth-order valence-corrected chi connectivity index (χ4v) is 3.99. The molecule has 0 amide bonds. The monoisotopic (exact) mass is 348 g/mol. The number of rotatable bonds is 8. The van der Waals surface area contributed by atoms with Crippen molar-refractivity contribution in [2.75, 3.05) is 21.1 Å². The van der Waals surface area contributed by atoms with E-state index in [0.717, 1.165) is 18.4 Å². The van der Waals surface area contributed by atoms with Gasteiger partial charge in [0.1, 0.15) is 17.4 Å². The Hall–Kier alpha value is -1.31. The van der Waals surface area contributed by atoms with Crippen molar-refractivity contribution in [1.82, 2.24) is 21.0 Å². The molecule has 0 aromatic heterocycles. The molecule has 6 heteroatoms. The minimum atomic E-state index is -0.627. The smallest absolute Gasteiger partial charge is 0.156 e. The Kier molecular flexibility index (Phi) is 6.71. The SMILES string of the molecule is CCC1(NC)CC(=O)C(NC)C(CC)(NC)N1OCc1ccccc1. The Morgan fingerprint density at radius 3 is 2.28 bits per heavy atom. The fraction of sp³-hybridized carbons (Fsp3) is 0.632. The van der Waals surface area contributed by atoms with Gasteiger partial charge in [-0.2, -0.15) is 0 Å². The molecule has 1 aliphatic rings. The maximum atomic E-state index is 12.9. The molecule has 1 aromatic carbocycles. The molecule has 1 fully saturated rings. The van der Waals surface area contributed by atoms with Crippen molar-refractivity contribution in [3.05, 3.63) is 35.9 Å². The largest absolute Gasteiger partial charge is 0.308 e. The Morgan fingerprint density at radius 1 is 1.12 bits per heavy atom. The van der Waals surface area contributed by atoms with Gasteiger partial charge in [0.25, 0.3) is 0 Å². The van der Waals surface area contributed by atoms with E-state index in [1.54, 1.807) is 0 Å². The molecule has 1 saturated heterocycles. The number of piperidine rings is 1. The van der Waals surface area contributed by atoms with Gasteiger partial charge in [0.05, 0.1) is 6.61 Å². The van der Waals surface area contributed by atoms with Crippen molar-refractivity contribution in [2.24, 2.45) is 0 Å². The lowest BCUT2D eigenvalue weighted by molar-refractivity contribution is -0.317. The number of nitrogens with one attached hydrogen (secondary N) is 3. The summed E-state index contributed by atoms with van der Waals surface area (Å²) in [6.07, 6.45) is 1.87. The molecule has 0 bridgehead atoms. The molecule has 0 spiro atoms. The zero-order chi connectivity index (χ0) is 18.5. The molecule has 0 aliphatic carbocycles. The highest BCUT2D eigenvalue weighted by molar-refractivity contribution is 5.87. The van der Waals surface area contributed by atoms with Crippen molar-refractivity contribution < 1.29 is 9.63 Å². The first-order chi connectivity index (χ1) is 12.0. The third kappa shape index (κ3) is 3.50. The number of Topliss-reactive ketones (excluding diaryl/α,β-unsaturated/α-hetero) is 1. The van der Waals surface area contributed by atoms with Crippen LogP contribution in [0.3, 0.4) is 0 Å². The van der Waals surface area contributed by atoms with Crippen LogP contribution in [0.2, 0.25) is 0 Å². The van der Waals surface area contributed by atoms with Crippen molar-refractivity contribution in [3.63, 3.8) is 0 Å². The highest BCUT2D eigenvalue weighted by Gasteiger charge is 2.58. The summed E-state index contributed by atoms with van der Waals surface area (Å²) >= 11 is 0. The number of benzene rings is 1. The first-order valence-corrected chi connectivity index (χ1v) is 9.08. The van der Waals surface area contributed by atoms with Crippen LogP contribution in [-0.2, 0) is 16.2 Å². The summed E-state index contributed by atoms with van der Waals surface area (Å²) in [6, 6.07) is 9.76. The summed E-state index contributed by atoms with van der Waals surface area (Å²) in [5.74, 6) is 0.189. The van der Waals surface area contributed by atoms with Crippen LogP contribution in [0.15, 0.2) is 30.3 Å². The Morgan fingerprint density at radius 2 is 1.80 bits per heavy atom. The van der Waals surface area contributed by atoms with E-state index in [1.165, 1.54) is 0 Å². The number of carbonyl (C=O) groups excluding carboxylic acids is 1. The van der Waals surface area contributed by atoms with Crippen LogP contribution in [0.25, 0.3) is 0 Å². The first kappa shape index (κ1) is 20.0. The predicted octanol–water partition coefficient (Wildman–Crippen LogP) is 1.63. The molecule has 1 aromatic rings. The summed E-state index contributed by atoms with van der Waals surface area (Å²) in [4.78, 5) is 19.2. The minimum Gasteiger partial charge on any atom is -0.308 e. The lowest BCUT2D eigenvalue weighted by Crippen LogP contribution is -2.80. The molecule has 1 heterocycles. The van der Waals surface area contributed by atoms with Crippen LogP contribution in [0.5, 0.6) is 0 Å². The number of carbonyl (C=O) groups is 1. The molecule has 0 saturated carbocycles. The molecular formula is C19H32N4O2. The van der Waals surface area contributed by atoms with Gasteiger partial charge in [0, 0.05) is 6.42 Å². The molecule has 6 nitrogen and oxygen atoms in total. The van der Waals surface area contributed by atoms with E-state index in [0.29, 0.717) is 13.0 Å². The molecule has 1 aliphatic heterocycles. The number of nitrogens with zero attached hydrogens (tertiary/aromatic N) is 1. The molecule has 0 radical (unpaired) electrons. The van der Waals surface area contributed by atoms with Gasteiger partial charge in [-0.05, 0) is 39.5 Å². The van der Waals surface area contributed by atoms with Gasteiger partial charge in [0.2, 0.25) is 0 Å². The van der Waals surface area contributed by atoms with E-state index >= 15 is 0 Å². The lowest BCUT2D eigenvalue weighted by atomic mass is 9.80. The third-order valence-electron chi connectivity index (χ3n) is 5.53. The zero-order valence-electron chi connectivity index (χ0n) is 16.1. The van der Waals surface area contributed by atoms with Crippen LogP contribution in [-0.4, -0.2) is 49.4 Å². The van der Waals surface area contributed by atoms with Crippen LogP contribution in [0.1, 0.15) is 38.7 Å². The van der Waals surface area contributed by atoms with E-state index in [-0.39, 0.29) is 11.8 Å². The van der Waals surface area contributed by atoms with E-state index in [4.69, 9.17) is 4.84 Å². The average Bonchev–Trinajstić information content (AvgIpc) is 2.66. The number of likely N-dealkylation sites (N-methyl/N-ethyl adjacent to an activating group) is 2. The van der Waals surface area contributed by atoms with E-state index in [1.807, 2.05) is 56.5 Å². The first-order valence-electron chi connectivity index (χ1n) is 9.08. The van der Waals surface area contributed by atoms with Gasteiger partial charge in [-0.3, -0.25) is 14.9 Å². The van der Waals surface area contributed by atoms with Gasteiger partial charge >= 0.3 is 0 Å². The molecule has 3 unspecified atom stereocenters. The summed E-state index contributed by atoms with van der Waals surface area (Å²) < 4.78 is 0. The Labute approximate surface area is 151 Å². The van der Waals surface area contributed by atoms with Gasteiger partial charge in [-0.15, -0.1) is 5.06 Å². The zero-order valence-corrected chi connectivity index (χ0v) is 16.1. The second kappa shape index (κ2) is 8.38. The van der Waals surface area contributed by atoms with Crippen molar-refractivity contribution >= 4 is 5.78 Å². The summed E-state index contributed by atoms with van der Waals surface area (Å²) in [7, 11) is 5.62.